The first-order chi connectivity index (χ1) is 10.3. The molecule has 3 rings (SSSR count). The lowest BCUT2D eigenvalue weighted by atomic mass is 9.88. The van der Waals surface area contributed by atoms with Crippen molar-refractivity contribution in [1.82, 2.24) is 15.5 Å². The van der Waals surface area contributed by atoms with Crippen molar-refractivity contribution >= 4 is 0 Å². The molecule has 122 valence electrons. The van der Waals surface area contributed by atoms with E-state index in [1.54, 1.807) is 0 Å². The van der Waals surface area contributed by atoms with E-state index in [0.29, 0.717) is 0 Å². The first-order valence-electron chi connectivity index (χ1n) is 9.51. The monoisotopic (exact) mass is 293 g/mol. The Balaban J connectivity index is 1.39. The minimum absolute atomic E-state index is 0.776. The standard InChI is InChI=1S/C18H35N3/c1-21(15-7-2-3-8-15)14-13-20-18-11-6-9-16(18)17-10-4-5-12-19-17/h15-20H,2-14H2,1H3. The molecule has 0 aromatic carbocycles. The fourth-order valence-electron chi connectivity index (χ4n) is 4.92. The average Bonchev–Trinajstić information content (AvgIpc) is 3.20. The van der Waals surface area contributed by atoms with Crippen LogP contribution in [0.25, 0.3) is 0 Å². The molecule has 1 aliphatic heterocycles. The molecule has 3 atom stereocenters. The molecule has 3 fully saturated rings. The van der Waals surface area contributed by atoms with Gasteiger partial charge in [0.1, 0.15) is 0 Å². The zero-order chi connectivity index (χ0) is 14.5. The van der Waals surface area contributed by atoms with Gasteiger partial charge in [-0.2, -0.15) is 0 Å². The third-order valence-corrected chi connectivity index (χ3v) is 6.25. The molecule has 3 nitrogen and oxygen atoms in total. The van der Waals surface area contributed by atoms with Crippen LogP contribution in [0.3, 0.4) is 0 Å². The molecule has 21 heavy (non-hydrogen) atoms. The van der Waals surface area contributed by atoms with E-state index in [1.165, 1.54) is 83.8 Å². The van der Waals surface area contributed by atoms with Crippen LogP contribution in [0, 0.1) is 5.92 Å². The quantitative estimate of drug-likeness (QED) is 0.788. The number of likely N-dealkylation sites (N-methyl/N-ethyl adjacent to an activating group) is 1. The third-order valence-electron chi connectivity index (χ3n) is 6.25. The maximum Gasteiger partial charge on any atom is 0.0111 e. The van der Waals surface area contributed by atoms with Crippen LogP contribution in [-0.4, -0.2) is 49.7 Å². The molecule has 0 amide bonds. The van der Waals surface area contributed by atoms with Crippen molar-refractivity contribution in [2.75, 3.05) is 26.7 Å². The lowest BCUT2D eigenvalue weighted by Gasteiger charge is -2.33. The van der Waals surface area contributed by atoms with Gasteiger partial charge in [0.15, 0.2) is 0 Å². The molecule has 2 saturated carbocycles. The highest BCUT2D eigenvalue weighted by molar-refractivity contribution is 4.92. The van der Waals surface area contributed by atoms with Crippen LogP contribution in [-0.2, 0) is 0 Å². The van der Waals surface area contributed by atoms with E-state index in [0.717, 1.165) is 24.0 Å². The molecule has 2 aliphatic carbocycles. The summed E-state index contributed by atoms with van der Waals surface area (Å²) < 4.78 is 0. The van der Waals surface area contributed by atoms with Crippen molar-refractivity contribution in [3.8, 4) is 0 Å². The molecule has 3 unspecified atom stereocenters. The zero-order valence-electron chi connectivity index (χ0n) is 13.9. The molecule has 3 heteroatoms. The molecule has 0 radical (unpaired) electrons. The summed E-state index contributed by atoms with van der Waals surface area (Å²) in [5.74, 6) is 0.891. The average molecular weight is 293 g/mol. The van der Waals surface area contributed by atoms with Gasteiger partial charge in [-0.25, -0.2) is 0 Å². The molecule has 0 aromatic heterocycles. The van der Waals surface area contributed by atoms with E-state index in [-0.39, 0.29) is 0 Å². The summed E-state index contributed by atoms with van der Waals surface area (Å²) in [5, 5.41) is 7.69. The van der Waals surface area contributed by atoms with Gasteiger partial charge in [-0.05, 0) is 58.0 Å². The Morgan fingerprint density at radius 2 is 1.76 bits per heavy atom. The topological polar surface area (TPSA) is 27.3 Å². The largest absolute Gasteiger partial charge is 0.314 e. The maximum absolute atomic E-state index is 3.90. The first-order valence-corrected chi connectivity index (χ1v) is 9.51. The Hall–Kier alpha value is -0.120. The Morgan fingerprint density at radius 3 is 2.52 bits per heavy atom. The van der Waals surface area contributed by atoms with Crippen molar-refractivity contribution in [2.45, 2.75) is 82.3 Å². The Morgan fingerprint density at radius 1 is 0.952 bits per heavy atom. The smallest absolute Gasteiger partial charge is 0.0111 e. The molecule has 0 aromatic rings. The van der Waals surface area contributed by atoms with Crippen LogP contribution in [0.2, 0.25) is 0 Å². The molecular formula is C18H35N3. The maximum atomic E-state index is 3.90. The van der Waals surface area contributed by atoms with E-state index in [2.05, 4.69) is 22.6 Å². The normalized spacial score (nSPS) is 34.9. The molecule has 1 saturated heterocycles. The highest BCUT2D eigenvalue weighted by atomic mass is 15.1. The summed E-state index contributed by atoms with van der Waals surface area (Å²) in [4.78, 5) is 2.60. The van der Waals surface area contributed by atoms with E-state index < -0.39 is 0 Å². The molecule has 2 N–H and O–H groups in total. The van der Waals surface area contributed by atoms with Gasteiger partial charge in [-0.3, -0.25) is 0 Å². The second-order valence-electron chi connectivity index (χ2n) is 7.63. The predicted octanol–water partition coefficient (Wildman–Crippen LogP) is 2.76. The van der Waals surface area contributed by atoms with Crippen molar-refractivity contribution in [3.63, 3.8) is 0 Å². The van der Waals surface area contributed by atoms with Gasteiger partial charge in [-0.15, -0.1) is 0 Å². The van der Waals surface area contributed by atoms with E-state index in [1.807, 2.05) is 0 Å². The first kappa shape index (κ1) is 15.8. The fourth-order valence-corrected chi connectivity index (χ4v) is 4.92. The lowest BCUT2D eigenvalue weighted by Crippen LogP contribution is -2.48. The molecular weight excluding hydrogens is 258 g/mol. The Bertz CT molecular complexity index is 295. The number of hydrogen-bond acceptors (Lipinski definition) is 3. The van der Waals surface area contributed by atoms with Crippen LogP contribution >= 0.6 is 0 Å². The number of nitrogens with zero attached hydrogens (tertiary/aromatic N) is 1. The van der Waals surface area contributed by atoms with Gasteiger partial charge in [0.25, 0.3) is 0 Å². The molecule has 0 bridgehead atoms. The van der Waals surface area contributed by atoms with E-state index in [4.69, 9.17) is 0 Å². The summed E-state index contributed by atoms with van der Waals surface area (Å²) in [5.41, 5.74) is 0. The van der Waals surface area contributed by atoms with E-state index >= 15 is 0 Å². The van der Waals surface area contributed by atoms with Crippen LogP contribution in [0.4, 0.5) is 0 Å². The van der Waals surface area contributed by atoms with Crippen LogP contribution in [0.5, 0.6) is 0 Å². The molecule has 0 spiro atoms. The second-order valence-corrected chi connectivity index (χ2v) is 7.63. The van der Waals surface area contributed by atoms with Gasteiger partial charge in [0.05, 0.1) is 0 Å². The predicted molar refractivity (Wildman–Crippen MR) is 89.7 cm³/mol. The summed E-state index contributed by atoms with van der Waals surface area (Å²) in [7, 11) is 2.33. The minimum atomic E-state index is 0.776. The van der Waals surface area contributed by atoms with Gasteiger partial charge in [0.2, 0.25) is 0 Å². The highest BCUT2D eigenvalue weighted by Gasteiger charge is 2.33. The van der Waals surface area contributed by atoms with Crippen LogP contribution in [0.1, 0.15) is 64.2 Å². The number of piperidine rings is 1. The summed E-state index contributed by atoms with van der Waals surface area (Å²) in [6.45, 7) is 3.66. The van der Waals surface area contributed by atoms with Crippen molar-refractivity contribution in [2.24, 2.45) is 5.92 Å². The molecule has 1 heterocycles. The number of nitrogens with one attached hydrogen (secondary N) is 2. The number of rotatable bonds is 6. The Kier molecular flexibility index (Phi) is 5.96. The van der Waals surface area contributed by atoms with E-state index in [9.17, 15) is 0 Å². The zero-order valence-corrected chi connectivity index (χ0v) is 13.9. The number of hydrogen-bond donors (Lipinski definition) is 2. The minimum Gasteiger partial charge on any atom is -0.314 e. The van der Waals surface area contributed by atoms with Gasteiger partial charge < -0.3 is 15.5 Å². The van der Waals surface area contributed by atoms with Crippen molar-refractivity contribution < 1.29 is 0 Å². The van der Waals surface area contributed by atoms with Crippen molar-refractivity contribution in [1.29, 1.82) is 0 Å². The SMILES string of the molecule is CN(CCNC1CCCC1C1CCCCN1)C1CCCC1. The second kappa shape index (κ2) is 7.94. The van der Waals surface area contributed by atoms with Crippen molar-refractivity contribution in [3.05, 3.63) is 0 Å². The van der Waals surface area contributed by atoms with Crippen LogP contribution < -0.4 is 10.6 Å². The van der Waals surface area contributed by atoms with Crippen LogP contribution in [0.15, 0.2) is 0 Å². The highest BCUT2D eigenvalue weighted by Crippen LogP contribution is 2.31. The van der Waals surface area contributed by atoms with Gasteiger partial charge >= 0.3 is 0 Å². The third kappa shape index (κ3) is 4.20. The summed E-state index contributed by atoms with van der Waals surface area (Å²) in [6.07, 6.45) is 14.2. The summed E-state index contributed by atoms with van der Waals surface area (Å²) in [6, 6.07) is 2.44. The summed E-state index contributed by atoms with van der Waals surface area (Å²) >= 11 is 0. The fraction of sp³-hybridized carbons (Fsp3) is 1.00. The lowest BCUT2D eigenvalue weighted by molar-refractivity contribution is 0.224. The van der Waals surface area contributed by atoms with Gasteiger partial charge in [0, 0.05) is 31.2 Å². The molecule has 3 aliphatic rings. The Labute approximate surface area is 131 Å². The van der Waals surface area contributed by atoms with Gasteiger partial charge in [-0.1, -0.05) is 25.7 Å².